The summed E-state index contributed by atoms with van der Waals surface area (Å²) in [6.45, 7) is 5.94. The zero-order chi connectivity index (χ0) is 14.4. The van der Waals surface area contributed by atoms with E-state index < -0.39 is 5.97 Å². The molecule has 2 N–H and O–H groups in total. The first-order valence-electron chi connectivity index (χ1n) is 6.13. The average Bonchev–Trinajstić information content (AvgIpc) is 2.76. The largest absolute Gasteiger partial charge is 0.481 e. The highest BCUT2D eigenvalue weighted by Crippen LogP contribution is 2.12. The number of amides is 2. The lowest BCUT2D eigenvalue weighted by Crippen LogP contribution is -2.42. The van der Waals surface area contributed by atoms with E-state index >= 15 is 0 Å². The Balaban J connectivity index is 2.54. The molecule has 1 atom stereocenters. The number of urea groups is 1. The van der Waals surface area contributed by atoms with Crippen molar-refractivity contribution in [3.63, 3.8) is 0 Å². The molecule has 2 amide bonds. The van der Waals surface area contributed by atoms with Gasteiger partial charge in [-0.25, -0.2) is 9.78 Å². The Hall–Kier alpha value is -2.05. The normalized spacial score (nSPS) is 11.9. The number of carboxylic acid groups (broad SMARTS) is 1. The first-order valence-corrected chi connectivity index (χ1v) is 6.13. The quantitative estimate of drug-likeness (QED) is 0.816. The minimum Gasteiger partial charge on any atom is -0.481 e. The maximum atomic E-state index is 11.9. The molecular formula is C12H19N3O4. The molecular weight excluding hydrogens is 250 g/mol. The number of carbonyl (C=O) groups excluding carboxylic acids is 1. The summed E-state index contributed by atoms with van der Waals surface area (Å²) in [5, 5.41) is 11.3. The molecule has 0 aromatic carbocycles. The molecule has 0 fully saturated rings. The minimum atomic E-state index is -0.928. The molecule has 1 unspecified atom stereocenters. The molecule has 1 rings (SSSR count). The number of aliphatic carboxylic acids is 1. The van der Waals surface area contributed by atoms with Gasteiger partial charge in [0, 0.05) is 13.1 Å². The monoisotopic (exact) mass is 269 g/mol. The van der Waals surface area contributed by atoms with E-state index in [0.29, 0.717) is 18.2 Å². The Morgan fingerprint density at radius 3 is 2.74 bits per heavy atom. The lowest BCUT2D eigenvalue weighted by molar-refractivity contribution is -0.137. The highest BCUT2D eigenvalue weighted by Gasteiger charge is 2.18. The molecule has 7 nitrogen and oxygen atoms in total. The maximum absolute atomic E-state index is 11.9. The van der Waals surface area contributed by atoms with Crippen LogP contribution in [0.1, 0.15) is 38.0 Å². The number of nitrogens with one attached hydrogen (secondary N) is 1. The van der Waals surface area contributed by atoms with Crippen molar-refractivity contribution >= 4 is 12.0 Å². The van der Waals surface area contributed by atoms with Crippen molar-refractivity contribution in [3.05, 3.63) is 17.8 Å². The average molecular weight is 269 g/mol. The van der Waals surface area contributed by atoms with Crippen LogP contribution in [0.15, 0.2) is 10.6 Å². The Bertz CT molecular complexity index is 444. The molecule has 0 bridgehead atoms. The second-order valence-electron chi connectivity index (χ2n) is 4.20. The van der Waals surface area contributed by atoms with Crippen LogP contribution >= 0.6 is 0 Å². The van der Waals surface area contributed by atoms with Crippen molar-refractivity contribution in [2.45, 2.75) is 33.2 Å². The SMILES string of the molecule is CCN(CCC(=O)O)C(=O)NC(C)c1ncc(C)o1. The van der Waals surface area contributed by atoms with E-state index in [0.717, 1.165) is 0 Å². The number of aromatic nitrogens is 1. The van der Waals surface area contributed by atoms with Gasteiger partial charge >= 0.3 is 12.0 Å². The van der Waals surface area contributed by atoms with E-state index in [2.05, 4.69) is 10.3 Å². The fourth-order valence-electron chi connectivity index (χ4n) is 1.54. The third kappa shape index (κ3) is 4.61. The van der Waals surface area contributed by atoms with Gasteiger partial charge in [-0.1, -0.05) is 0 Å². The highest BCUT2D eigenvalue weighted by molar-refractivity contribution is 5.75. The van der Waals surface area contributed by atoms with E-state index in [4.69, 9.17) is 9.52 Å². The topological polar surface area (TPSA) is 95.7 Å². The Morgan fingerprint density at radius 1 is 1.58 bits per heavy atom. The Kier molecular flexibility index (Phi) is 5.35. The molecule has 0 saturated carbocycles. The van der Waals surface area contributed by atoms with Crippen LogP contribution in [-0.2, 0) is 4.79 Å². The van der Waals surface area contributed by atoms with Crippen LogP contribution in [-0.4, -0.2) is 40.1 Å². The molecule has 1 heterocycles. The molecule has 0 aliphatic rings. The number of carboxylic acids is 1. The van der Waals surface area contributed by atoms with Gasteiger partial charge < -0.3 is 19.7 Å². The summed E-state index contributed by atoms with van der Waals surface area (Å²) in [6.07, 6.45) is 1.51. The molecule has 7 heteroatoms. The molecule has 0 saturated heterocycles. The van der Waals surface area contributed by atoms with Gasteiger partial charge in [0.1, 0.15) is 11.8 Å². The summed E-state index contributed by atoms with van der Waals surface area (Å²) in [4.78, 5) is 27.9. The van der Waals surface area contributed by atoms with E-state index in [1.807, 2.05) is 0 Å². The van der Waals surface area contributed by atoms with Crippen molar-refractivity contribution in [2.24, 2.45) is 0 Å². The summed E-state index contributed by atoms with van der Waals surface area (Å²) in [5.41, 5.74) is 0. The van der Waals surface area contributed by atoms with Crippen molar-refractivity contribution in [3.8, 4) is 0 Å². The summed E-state index contributed by atoms with van der Waals surface area (Å²) in [6, 6.07) is -0.688. The fourth-order valence-corrected chi connectivity index (χ4v) is 1.54. The molecule has 19 heavy (non-hydrogen) atoms. The minimum absolute atomic E-state index is 0.0756. The highest BCUT2D eigenvalue weighted by atomic mass is 16.4. The van der Waals surface area contributed by atoms with Gasteiger partial charge in [0.25, 0.3) is 0 Å². The van der Waals surface area contributed by atoms with Gasteiger partial charge in [0.2, 0.25) is 5.89 Å². The molecule has 1 aromatic heterocycles. The van der Waals surface area contributed by atoms with Gasteiger partial charge in [-0.05, 0) is 20.8 Å². The van der Waals surface area contributed by atoms with Gasteiger partial charge in [-0.2, -0.15) is 0 Å². The van der Waals surface area contributed by atoms with Crippen molar-refractivity contribution < 1.29 is 19.1 Å². The molecule has 1 aromatic rings. The summed E-state index contributed by atoms with van der Waals surface area (Å²) in [5.74, 6) is 0.178. The van der Waals surface area contributed by atoms with E-state index in [1.165, 1.54) is 4.90 Å². The first-order chi connectivity index (χ1) is 8.93. The van der Waals surface area contributed by atoms with Crippen molar-refractivity contribution in [2.75, 3.05) is 13.1 Å². The number of hydrogen-bond acceptors (Lipinski definition) is 4. The zero-order valence-electron chi connectivity index (χ0n) is 11.3. The van der Waals surface area contributed by atoms with Crippen LogP contribution in [0.2, 0.25) is 0 Å². The van der Waals surface area contributed by atoms with Crippen LogP contribution < -0.4 is 5.32 Å². The van der Waals surface area contributed by atoms with Crippen LogP contribution in [0.3, 0.4) is 0 Å². The number of rotatable bonds is 6. The maximum Gasteiger partial charge on any atom is 0.318 e. The zero-order valence-corrected chi connectivity index (χ0v) is 11.3. The predicted octanol–water partition coefficient (Wildman–Crippen LogP) is 1.55. The summed E-state index contributed by atoms with van der Waals surface area (Å²) >= 11 is 0. The molecule has 106 valence electrons. The Labute approximate surface area is 111 Å². The van der Waals surface area contributed by atoms with Gasteiger partial charge in [-0.3, -0.25) is 4.79 Å². The van der Waals surface area contributed by atoms with Gasteiger partial charge in [0.15, 0.2) is 0 Å². The van der Waals surface area contributed by atoms with Crippen LogP contribution in [0.25, 0.3) is 0 Å². The Morgan fingerprint density at radius 2 is 2.26 bits per heavy atom. The van der Waals surface area contributed by atoms with Crippen molar-refractivity contribution in [1.29, 1.82) is 0 Å². The number of nitrogens with zero attached hydrogens (tertiary/aromatic N) is 2. The molecule has 0 aliphatic heterocycles. The second-order valence-corrected chi connectivity index (χ2v) is 4.20. The lowest BCUT2D eigenvalue weighted by Gasteiger charge is -2.22. The van der Waals surface area contributed by atoms with Gasteiger partial charge in [0.05, 0.1) is 12.6 Å². The van der Waals surface area contributed by atoms with E-state index in [1.54, 1.807) is 27.0 Å². The van der Waals surface area contributed by atoms with Crippen molar-refractivity contribution in [1.82, 2.24) is 15.2 Å². The summed E-state index contributed by atoms with van der Waals surface area (Å²) < 4.78 is 5.32. The third-order valence-electron chi connectivity index (χ3n) is 2.61. The fraction of sp³-hybridized carbons (Fsp3) is 0.583. The first kappa shape index (κ1) is 15.0. The number of hydrogen-bond donors (Lipinski definition) is 2. The van der Waals surface area contributed by atoms with Crippen LogP contribution in [0.4, 0.5) is 4.79 Å². The standard InChI is InChI=1S/C12H19N3O4/c1-4-15(6-5-10(16)17)12(18)14-9(3)11-13-7-8(2)19-11/h7,9H,4-6H2,1-3H3,(H,14,18)(H,16,17). The number of carbonyl (C=O) groups is 2. The predicted molar refractivity (Wildman–Crippen MR) is 67.7 cm³/mol. The molecule has 0 radical (unpaired) electrons. The number of oxazole rings is 1. The smallest absolute Gasteiger partial charge is 0.318 e. The van der Waals surface area contributed by atoms with Crippen LogP contribution in [0, 0.1) is 6.92 Å². The second kappa shape index (κ2) is 6.77. The lowest BCUT2D eigenvalue weighted by atomic mass is 10.3. The molecule has 0 aliphatic carbocycles. The third-order valence-corrected chi connectivity index (χ3v) is 2.61. The van der Waals surface area contributed by atoms with Crippen LogP contribution in [0.5, 0.6) is 0 Å². The summed E-state index contributed by atoms with van der Waals surface area (Å²) in [7, 11) is 0. The number of aryl methyl sites for hydroxylation is 1. The molecule has 0 spiro atoms. The van der Waals surface area contributed by atoms with Gasteiger partial charge in [-0.15, -0.1) is 0 Å². The van der Waals surface area contributed by atoms with E-state index in [9.17, 15) is 9.59 Å². The van der Waals surface area contributed by atoms with E-state index in [-0.39, 0.29) is 25.0 Å².